The van der Waals surface area contributed by atoms with Crippen LogP contribution in [0.1, 0.15) is 99.8 Å². The third kappa shape index (κ3) is 13.8. The molecule has 0 radical (unpaired) electrons. The van der Waals surface area contributed by atoms with Crippen LogP contribution in [0.15, 0.2) is 23.8 Å². The minimum absolute atomic E-state index is 0.128. The van der Waals surface area contributed by atoms with E-state index in [0.29, 0.717) is 56.9 Å². The van der Waals surface area contributed by atoms with Gasteiger partial charge >= 0.3 is 26.8 Å². The Bertz CT molecular complexity index is 3020. The molecule has 0 bridgehead atoms. The monoisotopic (exact) mass is 1420 g/mol. The van der Waals surface area contributed by atoms with Crippen LogP contribution >= 0.6 is 0 Å². The summed E-state index contributed by atoms with van der Waals surface area (Å²) < 4.78 is 146. The van der Waals surface area contributed by atoms with E-state index in [-0.39, 0.29) is 17.8 Å². The van der Waals surface area contributed by atoms with E-state index in [1.165, 1.54) is 6.92 Å². The van der Waals surface area contributed by atoms with Crippen molar-refractivity contribution in [1.29, 1.82) is 0 Å². The van der Waals surface area contributed by atoms with Crippen molar-refractivity contribution in [1.82, 2.24) is 0 Å². The number of aliphatic hydroxyl groups excluding tert-OH is 13. The summed E-state index contributed by atoms with van der Waals surface area (Å²) in [5, 5.41) is 147. The number of cyclic esters (lactones) is 1. The van der Waals surface area contributed by atoms with Gasteiger partial charge in [0.1, 0.15) is 121 Å². The third-order valence-corrected chi connectivity index (χ3v) is 23.8. The average Bonchev–Trinajstić information content (AvgIpc) is 1.45. The van der Waals surface area contributed by atoms with Gasteiger partial charge in [-0.3, -0.25) is 13.9 Å². The van der Waals surface area contributed by atoms with Gasteiger partial charge in [-0.05, 0) is 100 Å². The molecule has 6 heterocycles. The average molecular weight is 1430 g/mol. The number of hydrogen-bond donors (Lipinski definition) is 15. The Labute approximate surface area is 555 Å². The molecule has 34 atom stereocenters. The predicted octanol–water partition coefficient (Wildman–Crippen LogP) is -3.97. The summed E-state index contributed by atoms with van der Waals surface area (Å²) in [6.07, 6.45) is -41.8. The molecule has 10 aliphatic rings. The number of ether oxygens (including phenoxy) is 12. The van der Waals surface area contributed by atoms with Crippen molar-refractivity contribution < 1.29 is 162 Å². The first-order chi connectivity index (χ1) is 44.7. The standard InChI is InChI=1S/C60H96O34S2/c1-23(2)27(62)12-17-59(8)33-13-16-58(7)25-10-11-32-56(4,5)35(14-15-57(32,6)26(25)18-34(63)60(33,58)55(74)94-59)90-54-49(39(67)29(20-82-54)87-51-42(70)40(68)36(64)30(88-51)21-83-95(75,76)77)93-50-43(71)41(69)46(24(3)85-50)91-53-45(73)48(38(66)31(89-53)22-84-96(78,79)80)92-52-44(72)47(81-9)37(65)28(19-61)86-52/h18,24-25,27-54,61-73H,1,10-17,19-22H2,2-9H3,(H,75,76,77)(H,78,79,80)/t24-,25+,27+,28-,29-,30-,31-,32+,33+,34+,35-,36-,37-,38-,39+,40+,41-,42-,43-,44-,45-,46-,47+,48+,49-,50+,51-,52+,53+,54+,57-,58+,59+,60-/m1/s1. The lowest BCUT2D eigenvalue weighted by Gasteiger charge is -2.64. The number of esters is 1. The molecule has 96 heavy (non-hydrogen) atoms. The highest BCUT2D eigenvalue weighted by Crippen LogP contribution is 2.76. The van der Waals surface area contributed by atoms with Crippen molar-refractivity contribution in [3.63, 3.8) is 0 Å². The van der Waals surface area contributed by atoms with Gasteiger partial charge in [0.2, 0.25) is 0 Å². The van der Waals surface area contributed by atoms with Crippen molar-refractivity contribution >= 4 is 26.8 Å². The van der Waals surface area contributed by atoms with E-state index in [4.69, 9.17) is 56.8 Å². The first-order valence-electron chi connectivity index (χ1n) is 32.3. The Balaban J connectivity index is 0.893. The van der Waals surface area contributed by atoms with E-state index in [9.17, 15) is 97.1 Å². The van der Waals surface area contributed by atoms with Gasteiger partial charge in [-0.15, -0.1) is 0 Å². The van der Waals surface area contributed by atoms with E-state index >= 15 is 0 Å². The summed E-state index contributed by atoms with van der Waals surface area (Å²) in [5.74, 6) is -1.07. The maximum atomic E-state index is 14.6. The van der Waals surface area contributed by atoms with Crippen LogP contribution in [-0.4, -0.2) is 303 Å². The number of fused-ring (bicyclic) bond motifs is 4. The lowest BCUT2D eigenvalue weighted by molar-refractivity contribution is -0.394. The number of hydrogen-bond acceptors (Lipinski definition) is 32. The zero-order valence-electron chi connectivity index (χ0n) is 54.4. The molecule has 0 unspecified atom stereocenters. The second-order valence-electron chi connectivity index (χ2n) is 28.9. The topological polar surface area (TPSA) is 518 Å². The fourth-order valence-electron chi connectivity index (χ4n) is 17.8. The van der Waals surface area contributed by atoms with Gasteiger partial charge in [0.15, 0.2) is 31.5 Å². The largest absolute Gasteiger partial charge is 0.459 e. The van der Waals surface area contributed by atoms with Crippen LogP contribution in [0.5, 0.6) is 0 Å². The number of aliphatic hydroxyl groups is 13. The van der Waals surface area contributed by atoms with Crippen LogP contribution in [0.25, 0.3) is 0 Å². The molecule has 9 fully saturated rings. The fraction of sp³-hybridized carbons (Fsp3) is 0.917. The summed E-state index contributed by atoms with van der Waals surface area (Å²) in [7, 11) is -9.23. The minimum atomic E-state index is -5.22. The summed E-state index contributed by atoms with van der Waals surface area (Å²) in [6.45, 7) is 13.4. The first kappa shape index (κ1) is 76.4. The third-order valence-electron chi connectivity index (χ3n) is 22.9. The maximum Gasteiger partial charge on any atom is 0.397 e. The first-order valence-corrected chi connectivity index (χ1v) is 35.1. The van der Waals surface area contributed by atoms with Crippen molar-refractivity contribution in [2.75, 3.05) is 33.5 Å². The summed E-state index contributed by atoms with van der Waals surface area (Å²) in [5.41, 5.74) is -2.62. The Morgan fingerprint density at radius 3 is 1.78 bits per heavy atom. The zero-order valence-corrected chi connectivity index (χ0v) is 56.0. The van der Waals surface area contributed by atoms with Crippen LogP contribution in [0.3, 0.4) is 0 Å². The quantitative estimate of drug-likeness (QED) is 0.0213. The van der Waals surface area contributed by atoms with Gasteiger partial charge < -0.3 is 123 Å². The molecule has 0 amide bonds. The normalized spacial score (nSPS) is 49.9. The molecule has 1 spiro atoms. The van der Waals surface area contributed by atoms with Crippen molar-refractivity contribution in [2.24, 2.45) is 39.4 Å². The maximum absolute atomic E-state index is 14.6. The molecule has 552 valence electrons. The van der Waals surface area contributed by atoms with Crippen LogP contribution in [-0.2, 0) is 90.8 Å². The predicted molar refractivity (Wildman–Crippen MR) is 317 cm³/mol. The Hall–Kier alpha value is -2.27. The molecule has 4 aliphatic carbocycles. The molecule has 15 N–H and O–H groups in total. The molecule has 34 nitrogen and oxygen atoms in total. The molecule has 6 saturated heterocycles. The van der Waals surface area contributed by atoms with Gasteiger partial charge in [-0.2, -0.15) is 16.8 Å². The second-order valence-corrected chi connectivity index (χ2v) is 31.0. The van der Waals surface area contributed by atoms with Crippen LogP contribution in [0.4, 0.5) is 0 Å². The number of carbonyl (C=O) groups excluding carboxylic acids is 1. The molecule has 0 aromatic carbocycles. The summed E-state index contributed by atoms with van der Waals surface area (Å²) >= 11 is 0. The van der Waals surface area contributed by atoms with Gasteiger partial charge in [-0.25, -0.2) is 8.37 Å². The van der Waals surface area contributed by atoms with Gasteiger partial charge in [0, 0.05) is 13.0 Å². The molecule has 3 saturated carbocycles. The lowest BCUT2D eigenvalue weighted by Crippen LogP contribution is -2.67. The van der Waals surface area contributed by atoms with E-state index in [1.807, 2.05) is 26.8 Å². The zero-order chi connectivity index (χ0) is 70.6. The van der Waals surface area contributed by atoms with Crippen molar-refractivity contribution in [3.05, 3.63) is 23.8 Å². The Morgan fingerprint density at radius 2 is 1.18 bits per heavy atom. The molecular weight excluding hydrogens is 1330 g/mol. The molecule has 36 heteroatoms. The van der Waals surface area contributed by atoms with Gasteiger partial charge in [0.25, 0.3) is 0 Å². The number of rotatable bonds is 22. The van der Waals surface area contributed by atoms with E-state index in [0.717, 1.165) is 12.7 Å². The highest BCUT2D eigenvalue weighted by molar-refractivity contribution is 7.81. The van der Waals surface area contributed by atoms with E-state index in [2.05, 4.69) is 28.8 Å². The van der Waals surface area contributed by atoms with Crippen LogP contribution < -0.4 is 0 Å². The van der Waals surface area contributed by atoms with E-state index < -0.39 is 246 Å². The van der Waals surface area contributed by atoms with Crippen LogP contribution in [0.2, 0.25) is 0 Å². The Morgan fingerprint density at radius 1 is 0.625 bits per heavy atom. The van der Waals surface area contributed by atoms with Gasteiger partial charge in [-0.1, -0.05) is 51.5 Å². The lowest BCUT2D eigenvalue weighted by atomic mass is 9.40. The van der Waals surface area contributed by atoms with E-state index in [1.54, 1.807) is 6.92 Å². The smallest absolute Gasteiger partial charge is 0.397 e. The molecule has 10 rings (SSSR count). The Kier molecular flexibility index (Phi) is 22.6. The molecule has 0 aromatic heterocycles. The summed E-state index contributed by atoms with van der Waals surface area (Å²) in [6, 6.07) is 0. The summed E-state index contributed by atoms with van der Waals surface area (Å²) in [4.78, 5) is 14.6. The number of allylic oxidation sites excluding steroid dienone is 1. The number of carbonyl (C=O) groups is 1. The second kappa shape index (κ2) is 28.4. The molecule has 6 aliphatic heterocycles. The minimum Gasteiger partial charge on any atom is -0.459 e. The molecular formula is C60H96O34S2. The van der Waals surface area contributed by atoms with Gasteiger partial charge in [0.05, 0.1) is 50.8 Å². The fourth-order valence-corrected chi connectivity index (χ4v) is 18.4. The molecule has 0 aromatic rings. The highest BCUT2D eigenvalue weighted by Gasteiger charge is 2.79. The number of methoxy groups -OCH3 is 1. The highest BCUT2D eigenvalue weighted by atomic mass is 32.3. The van der Waals surface area contributed by atoms with Crippen LogP contribution in [0, 0.1) is 39.4 Å². The van der Waals surface area contributed by atoms with Crippen molar-refractivity contribution in [2.45, 2.75) is 271 Å². The van der Waals surface area contributed by atoms with Crippen molar-refractivity contribution in [3.8, 4) is 0 Å². The SMILES string of the molecule is C=C(C)[C@@H](O)CC[C@]1(C)OC(=O)[C@]23[C@H]1CC[C@@]2(C)[C@H]1CC[C@H]2C(C)(C)[C@H](O[C@@H]4OC[C@@H](O[C@@H]5O[C@H](COS(=O)(=O)O)[C@@H](O)[C@H](O)[C@H]5O)[C@H](O)[C@H]4O[C@@H]4O[C@H](C)[C@@H](O[C@@H]5O[C@H](COS(=O)(=O)O)[C@@H](O)[C@H](O[C@@H]6O[C@H](CO)[C@@H](O)[C@H](OC)[C@H]6O)[C@H]5O)[C@H](O)[C@H]4O)CC[C@]2(C)C1=C[C@@H]3O.